The first-order valence-electron chi connectivity index (χ1n) is 9.46. The summed E-state index contributed by atoms with van der Waals surface area (Å²) in [5, 5.41) is 12.7. The summed E-state index contributed by atoms with van der Waals surface area (Å²) in [6.45, 7) is 1.15. The van der Waals surface area contributed by atoms with Crippen molar-refractivity contribution < 1.29 is 14.1 Å². The Morgan fingerprint density at radius 3 is 2.83 bits per heavy atom. The van der Waals surface area contributed by atoms with E-state index in [1.165, 1.54) is 0 Å². The zero-order chi connectivity index (χ0) is 19.6. The molecule has 3 heterocycles. The Bertz CT molecular complexity index is 1140. The zero-order valence-corrected chi connectivity index (χ0v) is 15.6. The van der Waals surface area contributed by atoms with Crippen molar-refractivity contribution in [1.82, 2.24) is 20.3 Å². The van der Waals surface area contributed by atoms with Crippen molar-refractivity contribution in [3.63, 3.8) is 0 Å². The molecule has 1 unspecified atom stereocenters. The highest BCUT2D eigenvalue weighted by Crippen LogP contribution is 2.30. The highest BCUT2D eigenvalue weighted by molar-refractivity contribution is 6.01. The minimum Gasteiger partial charge on any atom is -0.471 e. The molecule has 1 aliphatic heterocycles. The van der Waals surface area contributed by atoms with E-state index >= 15 is 0 Å². The molecule has 0 bridgehead atoms. The van der Waals surface area contributed by atoms with Crippen molar-refractivity contribution >= 4 is 16.8 Å². The highest BCUT2D eigenvalue weighted by atomic mass is 16.5. The van der Waals surface area contributed by atoms with E-state index in [9.17, 15) is 4.79 Å². The number of nitrogens with zero attached hydrogens (tertiary/aromatic N) is 4. The quantitative estimate of drug-likeness (QED) is 0.533. The number of fused-ring (bicyclic) bond motifs is 1. The van der Waals surface area contributed by atoms with E-state index in [-0.39, 0.29) is 12.0 Å². The lowest BCUT2D eigenvalue weighted by atomic mass is 10.1. The predicted molar refractivity (Wildman–Crippen MR) is 106 cm³/mol. The molecule has 29 heavy (non-hydrogen) atoms. The Morgan fingerprint density at radius 2 is 2.00 bits per heavy atom. The van der Waals surface area contributed by atoms with E-state index in [0.29, 0.717) is 30.3 Å². The van der Waals surface area contributed by atoms with Crippen LogP contribution in [0.25, 0.3) is 22.2 Å². The Morgan fingerprint density at radius 1 is 1.10 bits per heavy atom. The maximum absolute atomic E-state index is 13.0. The van der Waals surface area contributed by atoms with E-state index in [4.69, 9.17) is 9.26 Å². The van der Waals surface area contributed by atoms with Gasteiger partial charge in [0.05, 0.1) is 11.9 Å². The summed E-state index contributed by atoms with van der Waals surface area (Å²) in [6.07, 6.45) is 2.27. The van der Waals surface area contributed by atoms with Gasteiger partial charge in [-0.2, -0.15) is 5.10 Å². The van der Waals surface area contributed by atoms with Gasteiger partial charge in [-0.3, -0.25) is 4.79 Å². The van der Waals surface area contributed by atoms with Crippen LogP contribution in [0.2, 0.25) is 0 Å². The molecule has 2 aromatic carbocycles. The second kappa shape index (κ2) is 7.35. The van der Waals surface area contributed by atoms with Gasteiger partial charge in [0, 0.05) is 36.4 Å². The van der Waals surface area contributed by atoms with Gasteiger partial charge in [-0.05, 0) is 24.3 Å². The topological polar surface area (TPSA) is 81.4 Å². The molecule has 1 amide bonds. The van der Waals surface area contributed by atoms with Crippen LogP contribution in [0.5, 0.6) is 5.88 Å². The van der Waals surface area contributed by atoms with E-state index in [2.05, 4.69) is 15.4 Å². The number of hydrogen-bond donors (Lipinski definition) is 0. The van der Waals surface area contributed by atoms with E-state index in [1.807, 2.05) is 42.5 Å². The van der Waals surface area contributed by atoms with Gasteiger partial charge in [-0.25, -0.2) is 0 Å². The molecule has 5 rings (SSSR count). The van der Waals surface area contributed by atoms with E-state index < -0.39 is 0 Å². The maximum atomic E-state index is 13.0. The first-order chi connectivity index (χ1) is 14.3. The molecule has 4 aromatic rings. The summed E-state index contributed by atoms with van der Waals surface area (Å²) in [4.78, 5) is 14.9. The Kier molecular flexibility index (Phi) is 4.40. The molecule has 1 aliphatic rings. The fourth-order valence-electron chi connectivity index (χ4n) is 3.58. The summed E-state index contributed by atoms with van der Waals surface area (Å²) in [5.74, 6) is 1.11. The molecule has 7 heteroatoms. The van der Waals surface area contributed by atoms with Gasteiger partial charge in [-0.15, -0.1) is 5.10 Å². The first kappa shape index (κ1) is 17.4. The summed E-state index contributed by atoms with van der Waals surface area (Å²) in [5.41, 5.74) is 2.27. The van der Waals surface area contributed by atoms with Crippen LogP contribution >= 0.6 is 0 Å². The van der Waals surface area contributed by atoms with Gasteiger partial charge in [0.1, 0.15) is 11.6 Å². The maximum Gasteiger partial charge on any atom is 0.254 e. The molecule has 0 spiro atoms. The molecule has 1 saturated heterocycles. The number of benzene rings is 2. The van der Waals surface area contributed by atoms with E-state index in [1.54, 1.807) is 29.3 Å². The lowest BCUT2D eigenvalue weighted by Crippen LogP contribution is -2.31. The average Bonchev–Trinajstić information content (AvgIpc) is 3.41. The van der Waals surface area contributed by atoms with Crippen molar-refractivity contribution in [2.24, 2.45) is 0 Å². The third-order valence-electron chi connectivity index (χ3n) is 5.03. The van der Waals surface area contributed by atoms with Crippen LogP contribution in [0.15, 0.2) is 71.4 Å². The van der Waals surface area contributed by atoms with Gasteiger partial charge in [0.2, 0.25) is 5.88 Å². The van der Waals surface area contributed by atoms with Crippen molar-refractivity contribution in [2.45, 2.75) is 12.5 Å². The summed E-state index contributed by atoms with van der Waals surface area (Å²) in [7, 11) is 0. The SMILES string of the molecule is O=C(c1ccc2noc(-c3ccccc3)c2c1)N1CCC(Oc2cccnn2)C1. The van der Waals surface area contributed by atoms with Gasteiger partial charge in [-0.1, -0.05) is 35.5 Å². The number of hydrogen-bond acceptors (Lipinski definition) is 6. The van der Waals surface area contributed by atoms with Crippen molar-refractivity contribution in [3.8, 4) is 17.2 Å². The van der Waals surface area contributed by atoms with Crippen LogP contribution in [0.4, 0.5) is 0 Å². The molecule has 0 aliphatic carbocycles. The lowest BCUT2D eigenvalue weighted by Gasteiger charge is -2.17. The van der Waals surface area contributed by atoms with Crippen LogP contribution in [-0.4, -0.2) is 45.4 Å². The molecule has 0 saturated carbocycles. The summed E-state index contributed by atoms with van der Waals surface area (Å²) in [6, 6.07) is 18.8. The lowest BCUT2D eigenvalue weighted by molar-refractivity contribution is 0.0771. The minimum atomic E-state index is -0.0881. The first-order valence-corrected chi connectivity index (χ1v) is 9.46. The van der Waals surface area contributed by atoms with Gasteiger partial charge in [0.15, 0.2) is 5.76 Å². The van der Waals surface area contributed by atoms with Crippen molar-refractivity contribution in [2.75, 3.05) is 13.1 Å². The molecular formula is C22H18N4O3. The Balaban J connectivity index is 1.36. The van der Waals surface area contributed by atoms with Gasteiger partial charge >= 0.3 is 0 Å². The third kappa shape index (κ3) is 3.42. The number of rotatable bonds is 4. The summed E-state index contributed by atoms with van der Waals surface area (Å²) < 4.78 is 11.4. The molecule has 1 atom stereocenters. The fourth-order valence-corrected chi connectivity index (χ4v) is 3.58. The van der Waals surface area contributed by atoms with E-state index in [0.717, 1.165) is 22.9 Å². The van der Waals surface area contributed by atoms with Gasteiger partial charge < -0.3 is 14.2 Å². The molecule has 0 N–H and O–H groups in total. The smallest absolute Gasteiger partial charge is 0.254 e. The molecule has 0 radical (unpaired) electrons. The highest BCUT2D eigenvalue weighted by Gasteiger charge is 2.29. The molecule has 7 nitrogen and oxygen atoms in total. The second-order valence-corrected chi connectivity index (χ2v) is 6.95. The number of carbonyl (C=O) groups excluding carboxylic acids is 1. The average molecular weight is 386 g/mol. The number of ether oxygens (including phenoxy) is 1. The molecule has 144 valence electrons. The number of likely N-dealkylation sites (tertiary alicyclic amines) is 1. The van der Waals surface area contributed by atoms with Crippen molar-refractivity contribution in [1.29, 1.82) is 0 Å². The van der Waals surface area contributed by atoms with Crippen LogP contribution in [0, 0.1) is 0 Å². The van der Waals surface area contributed by atoms with Crippen molar-refractivity contribution in [3.05, 3.63) is 72.4 Å². The third-order valence-corrected chi connectivity index (χ3v) is 5.03. The van der Waals surface area contributed by atoms with Crippen LogP contribution in [0.3, 0.4) is 0 Å². The molecular weight excluding hydrogens is 368 g/mol. The fraction of sp³-hybridized carbons (Fsp3) is 0.182. The predicted octanol–water partition coefficient (Wildman–Crippen LogP) is 3.58. The number of aromatic nitrogens is 3. The van der Waals surface area contributed by atoms with Crippen LogP contribution < -0.4 is 4.74 Å². The minimum absolute atomic E-state index is 0.0302. The normalized spacial score (nSPS) is 16.3. The number of amides is 1. The standard InChI is InChI=1S/C22H18N4O3/c27-22(26-12-10-17(14-26)28-20-7-4-11-23-24-20)16-8-9-19-18(13-16)21(29-25-19)15-5-2-1-3-6-15/h1-9,11,13,17H,10,12,14H2. The summed E-state index contributed by atoms with van der Waals surface area (Å²) >= 11 is 0. The monoisotopic (exact) mass is 386 g/mol. The molecule has 2 aromatic heterocycles. The van der Waals surface area contributed by atoms with Gasteiger partial charge in [0.25, 0.3) is 5.91 Å². The van der Waals surface area contributed by atoms with Crippen LogP contribution in [-0.2, 0) is 0 Å². The largest absolute Gasteiger partial charge is 0.471 e. The second-order valence-electron chi connectivity index (χ2n) is 6.95. The Hall–Kier alpha value is -3.74. The Labute approximate surface area is 166 Å². The zero-order valence-electron chi connectivity index (χ0n) is 15.6. The molecule has 1 fully saturated rings. The van der Waals surface area contributed by atoms with Crippen LogP contribution in [0.1, 0.15) is 16.8 Å². The number of carbonyl (C=O) groups is 1.